The van der Waals surface area contributed by atoms with Gasteiger partial charge in [-0.3, -0.25) is 0 Å². The van der Waals surface area contributed by atoms with Crippen molar-refractivity contribution in [3.8, 4) is 5.75 Å². The molecule has 17 heavy (non-hydrogen) atoms. The molecule has 1 heterocycles. The first kappa shape index (κ1) is 12.1. The van der Waals surface area contributed by atoms with Crippen LogP contribution in [0.5, 0.6) is 5.75 Å². The molecular formula is C13H13FO2S. The van der Waals surface area contributed by atoms with Crippen molar-refractivity contribution in [2.24, 2.45) is 0 Å². The van der Waals surface area contributed by atoms with Crippen molar-refractivity contribution < 1.29 is 14.2 Å². The summed E-state index contributed by atoms with van der Waals surface area (Å²) >= 11 is 1.49. The van der Waals surface area contributed by atoms with Crippen LogP contribution in [0.25, 0.3) is 0 Å². The topological polar surface area (TPSA) is 29.5 Å². The molecule has 1 unspecified atom stereocenters. The second kappa shape index (κ2) is 4.85. The molecule has 0 saturated carbocycles. The Morgan fingerprint density at radius 2 is 2.06 bits per heavy atom. The Morgan fingerprint density at radius 1 is 1.29 bits per heavy atom. The fourth-order valence-corrected chi connectivity index (χ4v) is 2.58. The van der Waals surface area contributed by atoms with E-state index in [0.717, 1.165) is 11.1 Å². The first-order chi connectivity index (χ1) is 8.15. The standard InChI is InChI=1S/C13H13FO2S/c1-8-6-17-7-10(8)13(15)9-4-3-5-11(16-2)12(9)14/h3-7,13,15H,1-2H3. The highest BCUT2D eigenvalue weighted by Crippen LogP contribution is 2.31. The fourth-order valence-electron chi connectivity index (χ4n) is 1.71. The summed E-state index contributed by atoms with van der Waals surface area (Å²) in [4.78, 5) is 0. The molecule has 2 nitrogen and oxygen atoms in total. The second-order valence-electron chi connectivity index (χ2n) is 3.78. The number of rotatable bonds is 3. The minimum absolute atomic E-state index is 0.148. The van der Waals surface area contributed by atoms with Crippen LogP contribution in [-0.2, 0) is 0 Å². The highest BCUT2D eigenvalue weighted by molar-refractivity contribution is 7.08. The van der Waals surface area contributed by atoms with Crippen LogP contribution in [0.15, 0.2) is 29.0 Å². The highest BCUT2D eigenvalue weighted by atomic mass is 32.1. The van der Waals surface area contributed by atoms with E-state index in [0.29, 0.717) is 0 Å². The number of aryl methyl sites for hydroxylation is 1. The van der Waals surface area contributed by atoms with E-state index in [-0.39, 0.29) is 11.3 Å². The number of hydrogen-bond acceptors (Lipinski definition) is 3. The molecule has 0 aliphatic rings. The molecule has 4 heteroatoms. The zero-order valence-electron chi connectivity index (χ0n) is 9.61. The molecule has 2 rings (SSSR count). The Hall–Kier alpha value is -1.39. The lowest BCUT2D eigenvalue weighted by atomic mass is 10.0. The van der Waals surface area contributed by atoms with Gasteiger partial charge in [0.2, 0.25) is 0 Å². The molecule has 2 aromatic rings. The van der Waals surface area contributed by atoms with Gasteiger partial charge in [0.05, 0.1) is 7.11 Å². The first-order valence-electron chi connectivity index (χ1n) is 5.18. The van der Waals surface area contributed by atoms with Crippen molar-refractivity contribution in [3.63, 3.8) is 0 Å². The predicted molar refractivity (Wildman–Crippen MR) is 66.1 cm³/mol. The number of aliphatic hydroxyl groups excluding tert-OH is 1. The molecule has 0 bridgehead atoms. The second-order valence-corrected chi connectivity index (χ2v) is 4.52. The maximum atomic E-state index is 14.0. The Labute approximate surface area is 103 Å². The van der Waals surface area contributed by atoms with E-state index in [2.05, 4.69) is 0 Å². The maximum Gasteiger partial charge on any atom is 0.171 e. The largest absolute Gasteiger partial charge is 0.494 e. The minimum atomic E-state index is -0.948. The maximum absolute atomic E-state index is 14.0. The molecule has 0 amide bonds. The van der Waals surface area contributed by atoms with Crippen LogP contribution in [0.3, 0.4) is 0 Å². The van der Waals surface area contributed by atoms with Crippen molar-refractivity contribution in [1.82, 2.24) is 0 Å². The van der Waals surface area contributed by atoms with Gasteiger partial charge in [-0.2, -0.15) is 11.3 Å². The first-order valence-corrected chi connectivity index (χ1v) is 6.12. The molecule has 0 aliphatic carbocycles. The van der Waals surface area contributed by atoms with Gasteiger partial charge in [-0.05, 0) is 34.9 Å². The van der Waals surface area contributed by atoms with Gasteiger partial charge in [-0.1, -0.05) is 12.1 Å². The molecule has 90 valence electrons. The quantitative estimate of drug-likeness (QED) is 0.908. The summed E-state index contributed by atoms with van der Waals surface area (Å²) in [5, 5.41) is 13.9. The number of thiophene rings is 1. The van der Waals surface area contributed by atoms with Gasteiger partial charge in [0.1, 0.15) is 6.10 Å². The lowest BCUT2D eigenvalue weighted by Gasteiger charge is -2.13. The number of ether oxygens (including phenoxy) is 1. The van der Waals surface area contributed by atoms with Crippen LogP contribution >= 0.6 is 11.3 Å². The zero-order chi connectivity index (χ0) is 12.4. The van der Waals surface area contributed by atoms with Crippen LogP contribution in [-0.4, -0.2) is 12.2 Å². The summed E-state index contributed by atoms with van der Waals surface area (Å²) in [7, 11) is 1.41. The van der Waals surface area contributed by atoms with Crippen LogP contribution in [0.1, 0.15) is 22.8 Å². The molecule has 1 aromatic heterocycles. The third-order valence-electron chi connectivity index (χ3n) is 2.70. The normalized spacial score (nSPS) is 12.5. The van der Waals surface area contributed by atoms with E-state index in [9.17, 15) is 9.50 Å². The van der Waals surface area contributed by atoms with Gasteiger partial charge in [-0.15, -0.1) is 0 Å². The monoisotopic (exact) mass is 252 g/mol. The van der Waals surface area contributed by atoms with Gasteiger partial charge >= 0.3 is 0 Å². The Balaban J connectivity index is 2.44. The van der Waals surface area contributed by atoms with Gasteiger partial charge in [-0.25, -0.2) is 4.39 Å². The number of halogens is 1. The average molecular weight is 252 g/mol. The summed E-state index contributed by atoms with van der Waals surface area (Å²) in [6.45, 7) is 1.90. The molecule has 0 aliphatic heterocycles. The van der Waals surface area contributed by atoms with Gasteiger partial charge in [0.15, 0.2) is 11.6 Å². The van der Waals surface area contributed by atoms with E-state index in [1.165, 1.54) is 24.5 Å². The molecule has 0 saturated heterocycles. The van der Waals surface area contributed by atoms with E-state index >= 15 is 0 Å². The Morgan fingerprint density at radius 3 is 2.65 bits per heavy atom. The van der Waals surface area contributed by atoms with Crippen molar-refractivity contribution in [1.29, 1.82) is 0 Å². The van der Waals surface area contributed by atoms with E-state index in [1.54, 1.807) is 12.1 Å². The molecule has 1 atom stereocenters. The molecule has 1 N–H and O–H groups in total. The SMILES string of the molecule is COc1cccc(C(O)c2cscc2C)c1F. The average Bonchev–Trinajstić information content (AvgIpc) is 2.75. The predicted octanol–water partition coefficient (Wildman–Crippen LogP) is 3.29. The molecule has 0 spiro atoms. The number of aliphatic hydroxyl groups is 1. The summed E-state index contributed by atoms with van der Waals surface area (Å²) in [5.41, 5.74) is 1.94. The van der Waals surface area contributed by atoms with Crippen molar-refractivity contribution in [2.75, 3.05) is 7.11 Å². The van der Waals surface area contributed by atoms with E-state index in [1.807, 2.05) is 17.7 Å². The van der Waals surface area contributed by atoms with Crippen molar-refractivity contribution in [3.05, 3.63) is 51.5 Å². The number of methoxy groups -OCH3 is 1. The number of hydrogen-bond donors (Lipinski definition) is 1. The minimum Gasteiger partial charge on any atom is -0.494 e. The lowest BCUT2D eigenvalue weighted by Crippen LogP contribution is -2.04. The zero-order valence-corrected chi connectivity index (χ0v) is 10.4. The Kier molecular flexibility index (Phi) is 3.45. The lowest BCUT2D eigenvalue weighted by molar-refractivity contribution is 0.213. The van der Waals surface area contributed by atoms with Crippen LogP contribution in [0, 0.1) is 12.7 Å². The summed E-state index contributed by atoms with van der Waals surface area (Å²) in [6.07, 6.45) is -0.948. The van der Waals surface area contributed by atoms with E-state index < -0.39 is 11.9 Å². The van der Waals surface area contributed by atoms with E-state index in [4.69, 9.17) is 4.74 Å². The van der Waals surface area contributed by atoms with Crippen LogP contribution < -0.4 is 4.74 Å². The summed E-state index contributed by atoms with van der Waals surface area (Å²) < 4.78 is 18.9. The molecule has 0 radical (unpaired) electrons. The molecular weight excluding hydrogens is 239 g/mol. The van der Waals surface area contributed by atoms with Crippen LogP contribution in [0.2, 0.25) is 0 Å². The van der Waals surface area contributed by atoms with Crippen molar-refractivity contribution >= 4 is 11.3 Å². The molecule has 0 fully saturated rings. The van der Waals surface area contributed by atoms with Gasteiger partial charge < -0.3 is 9.84 Å². The fraction of sp³-hybridized carbons (Fsp3) is 0.231. The Bertz CT molecular complexity index is 522. The van der Waals surface area contributed by atoms with Gasteiger partial charge in [0, 0.05) is 5.56 Å². The molecule has 1 aromatic carbocycles. The smallest absolute Gasteiger partial charge is 0.171 e. The third-order valence-corrected chi connectivity index (χ3v) is 3.58. The number of benzene rings is 1. The summed E-state index contributed by atoms with van der Waals surface area (Å²) in [5.74, 6) is -0.359. The third kappa shape index (κ3) is 2.18. The van der Waals surface area contributed by atoms with Crippen molar-refractivity contribution in [2.45, 2.75) is 13.0 Å². The highest BCUT2D eigenvalue weighted by Gasteiger charge is 2.19. The van der Waals surface area contributed by atoms with Gasteiger partial charge in [0.25, 0.3) is 0 Å². The summed E-state index contributed by atoms with van der Waals surface area (Å²) in [6, 6.07) is 4.77. The van der Waals surface area contributed by atoms with Crippen LogP contribution in [0.4, 0.5) is 4.39 Å².